The van der Waals surface area contributed by atoms with E-state index in [2.05, 4.69) is 0 Å². The Kier molecular flexibility index (Phi) is 4.02. The van der Waals surface area contributed by atoms with Gasteiger partial charge in [-0.1, -0.05) is 12.1 Å². The summed E-state index contributed by atoms with van der Waals surface area (Å²) in [6, 6.07) is 6.08. The van der Waals surface area contributed by atoms with E-state index in [4.69, 9.17) is 4.74 Å². The lowest BCUT2D eigenvalue weighted by Crippen LogP contribution is -2.77. The van der Waals surface area contributed by atoms with Gasteiger partial charge in [0.15, 0.2) is 6.10 Å². The highest BCUT2D eigenvalue weighted by molar-refractivity contribution is 5.95. The Bertz CT molecular complexity index is 696. The zero-order chi connectivity index (χ0) is 17.6. The molecule has 4 rings (SSSR count). The van der Waals surface area contributed by atoms with Crippen LogP contribution in [0, 0.1) is 11.7 Å². The summed E-state index contributed by atoms with van der Waals surface area (Å²) in [5.41, 5.74) is -0.179. The van der Waals surface area contributed by atoms with Crippen LogP contribution >= 0.6 is 0 Å². The van der Waals surface area contributed by atoms with Gasteiger partial charge in [-0.25, -0.2) is 4.39 Å². The molecule has 25 heavy (non-hydrogen) atoms. The molecule has 0 radical (unpaired) electrons. The van der Waals surface area contributed by atoms with E-state index in [1.54, 1.807) is 24.1 Å². The van der Waals surface area contributed by atoms with E-state index in [-0.39, 0.29) is 22.9 Å². The second kappa shape index (κ2) is 6.09. The monoisotopic (exact) mass is 346 g/mol. The van der Waals surface area contributed by atoms with Crippen molar-refractivity contribution in [2.75, 3.05) is 26.7 Å². The molecule has 3 fully saturated rings. The summed E-state index contributed by atoms with van der Waals surface area (Å²) in [6.45, 7) is 1.84. The first-order chi connectivity index (χ1) is 12.1. The molecular weight excluding hydrogens is 323 g/mol. The molecule has 1 aliphatic carbocycles. The molecule has 0 bridgehead atoms. The number of β-lactam (4-membered cyclic amide) rings is 1. The van der Waals surface area contributed by atoms with Gasteiger partial charge in [-0.3, -0.25) is 9.59 Å². The summed E-state index contributed by atoms with van der Waals surface area (Å²) < 4.78 is 19.4. The number of likely N-dealkylation sites (tertiary alicyclic amines) is 2. The summed E-state index contributed by atoms with van der Waals surface area (Å²) >= 11 is 0. The van der Waals surface area contributed by atoms with Gasteiger partial charge in [0.2, 0.25) is 0 Å². The fraction of sp³-hybridized carbons (Fsp3) is 0.579. The first kappa shape index (κ1) is 16.5. The van der Waals surface area contributed by atoms with E-state index in [9.17, 15) is 14.0 Å². The Hall–Kier alpha value is -1.95. The van der Waals surface area contributed by atoms with Crippen molar-refractivity contribution in [3.05, 3.63) is 35.6 Å². The maximum Gasteiger partial charge on any atom is 0.256 e. The molecule has 2 heterocycles. The van der Waals surface area contributed by atoms with Crippen LogP contribution in [0.2, 0.25) is 0 Å². The highest BCUT2D eigenvalue weighted by Crippen LogP contribution is 2.45. The van der Waals surface area contributed by atoms with Crippen LogP contribution in [0.5, 0.6) is 0 Å². The SMILES string of the molecule is COC1C(=O)N(CC2CC2)C12CCN(C(=O)c1ccccc1F)CC2. The van der Waals surface area contributed by atoms with Gasteiger partial charge >= 0.3 is 0 Å². The lowest BCUT2D eigenvalue weighted by molar-refractivity contribution is -0.198. The molecule has 0 N–H and O–H groups in total. The van der Waals surface area contributed by atoms with E-state index in [0.29, 0.717) is 31.8 Å². The average molecular weight is 346 g/mol. The predicted octanol–water partition coefficient (Wildman–Crippen LogP) is 2.07. The number of hydrogen-bond donors (Lipinski definition) is 0. The maximum atomic E-state index is 13.9. The van der Waals surface area contributed by atoms with Crippen molar-refractivity contribution < 1.29 is 18.7 Å². The second-order valence-electron chi connectivity index (χ2n) is 7.38. The van der Waals surface area contributed by atoms with Gasteiger partial charge in [0.25, 0.3) is 11.8 Å². The molecule has 2 amide bonds. The molecule has 0 aromatic heterocycles. The largest absolute Gasteiger partial charge is 0.369 e. The molecule has 1 unspecified atom stereocenters. The van der Waals surface area contributed by atoms with Gasteiger partial charge < -0.3 is 14.5 Å². The summed E-state index contributed by atoms with van der Waals surface area (Å²) in [6.07, 6.45) is 3.34. The minimum absolute atomic E-state index is 0.0725. The lowest BCUT2D eigenvalue weighted by atomic mass is 9.72. The summed E-state index contributed by atoms with van der Waals surface area (Å²) in [7, 11) is 1.58. The summed E-state index contributed by atoms with van der Waals surface area (Å²) in [5.74, 6) is -0.0713. The van der Waals surface area contributed by atoms with Gasteiger partial charge in [0.1, 0.15) is 5.82 Å². The molecule has 1 aromatic carbocycles. The number of nitrogens with zero attached hydrogens (tertiary/aromatic N) is 2. The number of hydrogen-bond acceptors (Lipinski definition) is 3. The highest BCUT2D eigenvalue weighted by atomic mass is 19.1. The number of benzene rings is 1. The molecule has 1 saturated carbocycles. The van der Waals surface area contributed by atoms with Crippen LogP contribution in [0.15, 0.2) is 24.3 Å². The second-order valence-corrected chi connectivity index (χ2v) is 7.38. The smallest absolute Gasteiger partial charge is 0.256 e. The standard InChI is InChI=1S/C19H23FN2O3/c1-25-16-18(24)22(12-13-6-7-13)19(16)8-10-21(11-9-19)17(23)14-4-2-3-5-15(14)20/h2-5,13,16H,6-12H2,1H3. The van der Waals surface area contributed by atoms with Crippen LogP contribution in [0.1, 0.15) is 36.0 Å². The maximum absolute atomic E-state index is 13.9. The Balaban J connectivity index is 1.47. The predicted molar refractivity (Wildman–Crippen MR) is 89.5 cm³/mol. The minimum Gasteiger partial charge on any atom is -0.369 e. The van der Waals surface area contributed by atoms with Gasteiger partial charge in [0, 0.05) is 26.7 Å². The van der Waals surface area contributed by atoms with Gasteiger partial charge in [-0.2, -0.15) is 0 Å². The summed E-state index contributed by atoms with van der Waals surface area (Å²) in [5, 5.41) is 0. The lowest BCUT2D eigenvalue weighted by Gasteiger charge is -2.59. The number of halogens is 1. The highest BCUT2D eigenvalue weighted by Gasteiger charge is 2.61. The molecular formula is C19H23FN2O3. The number of rotatable bonds is 4. The molecule has 3 aliphatic rings. The zero-order valence-electron chi connectivity index (χ0n) is 14.4. The Morgan fingerprint density at radius 3 is 2.56 bits per heavy atom. The topological polar surface area (TPSA) is 49.9 Å². The number of piperidine rings is 1. The molecule has 2 aliphatic heterocycles. The van der Waals surface area contributed by atoms with E-state index < -0.39 is 11.9 Å². The van der Waals surface area contributed by atoms with Crippen molar-refractivity contribution >= 4 is 11.8 Å². The number of carbonyl (C=O) groups excluding carboxylic acids is 2. The van der Waals surface area contributed by atoms with Crippen molar-refractivity contribution in [3.8, 4) is 0 Å². The number of amides is 2. The zero-order valence-corrected chi connectivity index (χ0v) is 14.4. The molecule has 6 heteroatoms. The third-order valence-corrected chi connectivity index (χ3v) is 5.91. The van der Waals surface area contributed by atoms with Gasteiger partial charge in [-0.05, 0) is 43.7 Å². The van der Waals surface area contributed by atoms with Crippen molar-refractivity contribution in [1.82, 2.24) is 9.80 Å². The quantitative estimate of drug-likeness (QED) is 0.784. The van der Waals surface area contributed by atoms with Crippen LogP contribution in [-0.4, -0.2) is 60.0 Å². The molecule has 134 valence electrons. The molecule has 1 aromatic rings. The van der Waals surface area contributed by atoms with E-state index in [1.807, 2.05) is 4.90 Å². The van der Waals surface area contributed by atoms with Crippen LogP contribution < -0.4 is 0 Å². The first-order valence-corrected chi connectivity index (χ1v) is 8.95. The van der Waals surface area contributed by atoms with Crippen LogP contribution in [0.4, 0.5) is 4.39 Å². The van der Waals surface area contributed by atoms with Crippen molar-refractivity contribution in [1.29, 1.82) is 0 Å². The van der Waals surface area contributed by atoms with E-state index in [0.717, 1.165) is 6.54 Å². The van der Waals surface area contributed by atoms with Crippen molar-refractivity contribution in [3.63, 3.8) is 0 Å². The average Bonchev–Trinajstić information content (AvgIpc) is 3.45. The van der Waals surface area contributed by atoms with Crippen molar-refractivity contribution in [2.24, 2.45) is 5.92 Å². The molecule has 1 spiro atoms. The molecule has 2 saturated heterocycles. The number of carbonyl (C=O) groups is 2. The van der Waals surface area contributed by atoms with Crippen LogP contribution in [0.3, 0.4) is 0 Å². The Morgan fingerprint density at radius 1 is 1.28 bits per heavy atom. The van der Waals surface area contributed by atoms with Crippen molar-refractivity contribution in [2.45, 2.75) is 37.3 Å². The first-order valence-electron chi connectivity index (χ1n) is 8.95. The van der Waals surface area contributed by atoms with Crippen LogP contribution in [0.25, 0.3) is 0 Å². The van der Waals surface area contributed by atoms with E-state index >= 15 is 0 Å². The third kappa shape index (κ3) is 2.63. The van der Waals surface area contributed by atoms with E-state index in [1.165, 1.54) is 25.0 Å². The number of methoxy groups -OCH3 is 1. The normalized spacial score (nSPS) is 25.2. The number of ether oxygens (including phenoxy) is 1. The van der Waals surface area contributed by atoms with Gasteiger partial charge in [-0.15, -0.1) is 0 Å². The Morgan fingerprint density at radius 2 is 1.96 bits per heavy atom. The van der Waals surface area contributed by atoms with Gasteiger partial charge in [0.05, 0.1) is 11.1 Å². The summed E-state index contributed by atoms with van der Waals surface area (Å²) in [4.78, 5) is 28.6. The minimum atomic E-state index is -0.489. The third-order valence-electron chi connectivity index (χ3n) is 5.91. The fourth-order valence-corrected chi connectivity index (χ4v) is 4.25. The Labute approximate surface area is 146 Å². The fourth-order valence-electron chi connectivity index (χ4n) is 4.25. The molecule has 1 atom stereocenters. The van der Waals surface area contributed by atoms with Crippen LogP contribution in [-0.2, 0) is 9.53 Å². The molecule has 5 nitrogen and oxygen atoms in total.